The molecule has 104 valence electrons. The van der Waals surface area contributed by atoms with Crippen LogP contribution in [0.4, 0.5) is 5.69 Å². The lowest BCUT2D eigenvalue weighted by molar-refractivity contribution is -0.138. The van der Waals surface area contributed by atoms with Crippen LogP contribution >= 0.6 is 0 Å². The first kappa shape index (κ1) is 15.0. The number of carboxylic acid groups (broad SMARTS) is 1. The van der Waals surface area contributed by atoms with Gasteiger partial charge in [-0.05, 0) is 32.0 Å². The van der Waals surface area contributed by atoms with Gasteiger partial charge in [0.25, 0.3) is 5.91 Å². The van der Waals surface area contributed by atoms with Gasteiger partial charge in [-0.25, -0.2) is 0 Å². The molecule has 0 radical (unpaired) electrons. The molecule has 1 aromatic rings. The van der Waals surface area contributed by atoms with E-state index in [0.717, 1.165) is 5.69 Å². The monoisotopic (exact) mass is 264 g/mol. The minimum atomic E-state index is -0.938. The van der Waals surface area contributed by atoms with Crippen LogP contribution in [0.15, 0.2) is 24.3 Å². The zero-order valence-corrected chi connectivity index (χ0v) is 11.7. The number of amides is 1. The average Bonchev–Trinajstić information content (AvgIpc) is 2.26. The summed E-state index contributed by atoms with van der Waals surface area (Å²) in [6, 6.07) is 7.18. The van der Waals surface area contributed by atoms with Crippen LogP contribution in [-0.2, 0) is 4.79 Å². The van der Waals surface area contributed by atoms with Gasteiger partial charge in [0.1, 0.15) is 0 Å². The number of benzene rings is 1. The smallest absolute Gasteiger partial charge is 0.305 e. The van der Waals surface area contributed by atoms with E-state index in [4.69, 9.17) is 5.11 Å². The molecular formula is C14H20N2O3. The van der Waals surface area contributed by atoms with Gasteiger partial charge in [-0.2, -0.15) is 0 Å². The van der Waals surface area contributed by atoms with Crippen molar-refractivity contribution in [3.05, 3.63) is 29.8 Å². The first-order chi connectivity index (χ1) is 8.71. The Morgan fingerprint density at radius 3 is 2.47 bits per heavy atom. The molecule has 2 N–H and O–H groups in total. The summed E-state index contributed by atoms with van der Waals surface area (Å²) in [5.41, 5.74) is 0.658. The van der Waals surface area contributed by atoms with Crippen molar-refractivity contribution in [3.63, 3.8) is 0 Å². The lowest BCUT2D eigenvalue weighted by atomic mass is 10.00. The number of rotatable bonds is 5. The third-order valence-corrected chi connectivity index (χ3v) is 2.67. The largest absolute Gasteiger partial charge is 0.481 e. The Bertz CT molecular complexity index is 481. The van der Waals surface area contributed by atoms with E-state index in [0.29, 0.717) is 5.56 Å². The second-order valence-corrected chi connectivity index (χ2v) is 5.35. The number of hydrogen-bond acceptors (Lipinski definition) is 3. The van der Waals surface area contributed by atoms with Gasteiger partial charge in [0.2, 0.25) is 0 Å². The highest BCUT2D eigenvalue weighted by molar-refractivity contribution is 5.95. The van der Waals surface area contributed by atoms with Crippen molar-refractivity contribution in [1.82, 2.24) is 5.32 Å². The molecule has 0 aliphatic carbocycles. The third-order valence-electron chi connectivity index (χ3n) is 2.67. The van der Waals surface area contributed by atoms with E-state index in [9.17, 15) is 9.59 Å². The van der Waals surface area contributed by atoms with Crippen molar-refractivity contribution in [3.8, 4) is 0 Å². The highest BCUT2D eigenvalue weighted by atomic mass is 16.4. The molecule has 1 rings (SSSR count). The van der Waals surface area contributed by atoms with Crippen LogP contribution in [-0.4, -0.2) is 36.6 Å². The van der Waals surface area contributed by atoms with Gasteiger partial charge >= 0.3 is 5.97 Å². The van der Waals surface area contributed by atoms with Crippen LogP contribution in [0.5, 0.6) is 0 Å². The molecule has 1 aromatic carbocycles. The molecule has 0 aliphatic rings. The molecule has 0 heterocycles. The molecule has 0 fully saturated rings. The van der Waals surface area contributed by atoms with Crippen LogP contribution < -0.4 is 10.2 Å². The summed E-state index contributed by atoms with van der Waals surface area (Å²) >= 11 is 0. The predicted molar refractivity (Wildman–Crippen MR) is 74.6 cm³/mol. The lowest BCUT2D eigenvalue weighted by Crippen LogP contribution is -2.44. The fourth-order valence-corrected chi connectivity index (χ4v) is 1.73. The molecule has 0 saturated carbocycles. The third kappa shape index (κ3) is 4.62. The first-order valence-corrected chi connectivity index (χ1v) is 6.03. The number of nitrogens with zero attached hydrogens (tertiary/aromatic N) is 1. The highest BCUT2D eigenvalue weighted by Gasteiger charge is 2.24. The molecular weight excluding hydrogens is 244 g/mol. The normalized spacial score (nSPS) is 10.9. The standard InChI is InChI=1S/C14H20N2O3/c1-14(2,9-12(17)18)15-13(19)10-6-5-7-11(8-10)16(3)4/h5-8H,9H2,1-4H3,(H,15,19)(H,17,18). The maximum atomic E-state index is 12.1. The molecule has 1 amide bonds. The van der Waals surface area contributed by atoms with Gasteiger partial charge in [0.05, 0.1) is 6.42 Å². The summed E-state index contributed by atoms with van der Waals surface area (Å²) in [7, 11) is 3.79. The van der Waals surface area contributed by atoms with E-state index < -0.39 is 11.5 Å². The Morgan fingerprint density at radius 1 is 1.32 bits per heavy atom. The number of anilines is 1. The Labute approximate surface area is 113 Å². The van der Waals surface area contributed by atoms with Crippen molar-refractivity contribution in [2.75, 3.05) is 19.0 Å². The van der Waals surface area contributed by atoms with Crippen LogP contribution in [0.3, 0.4) is 0 Å². The number of nitrogens with one attached hydrogen (secondary N) is 1. The molecule has 5 nitrogen and oxygen atoms in total. The number of carbonyl (C=O) groups excluding carboxylic acids is 1. The van der Waals surface area contributed by atoms with E-state index >= 15 is 0 Å². The van der Waals surface area contributed by atoms with Crippen LogP contribution in [0, 0.1) is 0 Å². The van der Waals surface area contributed by atoms with E-state index in [2.05, 4.69) is 5.32 Å². The Morgan fingerprint density at radius 2 is 1.95 bits per heavy atom. The molecule has 0 unspecified atom stereocenters. The summed E-state index contributed by atoms with van der Waals surface area (Å²) < 4.78 is 0. The minimum Gasteiger partial charge on any atom is -0.481 e. The van der Waals surface area contributed by atoms with Gasteiger partial charge < -0.3 is 15.3 Å². The fourth-order valence-electron chi connectivity index (χ4n) is 1.73. The van der Waals surface area contributed by atoms with Gasteiger partial charge in [0, 0.05) is 30.9 Å². The van der Waals surface area contributed by atoms with Crippen LogP contribution in [0.25, 0.3) is 0 Å². The van der Waals surface area contributed by atoms with Crippen LogP contribution in [0.1, 0.15) is 30.6 Å². The maximum Gasteiger partial charge on any atom is 0.305 e. The predicted octanol–water partition coefficient (Wildman–Crippen LogP) is 1.74. The summed E-state index contributed by atoms with van der Waals surface area (Å²) in [4.78, 5) is 24.7. The summed E-state index contributed by atoms with van der Waals surface area (Å²) in [6.45, 7) is 3.38. The topological polar surface area (TPSA) is 69.6 Å². The number of hydrogen-bond donors (Lipinski definition) is 2. The van der Waals surface area contributed by atoms with Crippen molar-refractivity contribution >= 4 is 17.6 Å². The van der Waals surface area contributed by atoms with E-state index in [1.807, 2.05) is 25.1 Å². The maximum absolute atomic E-state index is 12.1. The second kappa shape index (κ2) is 5.73. The van der Waals surface area contributed by atoms with Crippen molar-refractivity contribution < 1.29 is 14.7 Å². The Hall–Kier alpha value is -2.04. The second-order valence-electron chi connectivity index (χ2n) is 5.35. The summed E-state index contributed by atoms with van der Waals surface area (Å²) in [5, 5.41) is 11.5. The van der Waals surface area contributed by atoms with Gasteiger partial charge in [0.15, 0.2) is 0 Å². The quantitative estimate of drug-likeness (QED) is 0.850. The zero-order valence-electron chi connectivity index (χ0n) is 11.7. The Kier molecular flexibility index (Phi) is 4.53. The number of carboxylic acids is 1. The molecule has 5 heteroatoms. The lowest BCUT2D eigenvalue weighted by Gasteiger charge is -2.24. The van der Waals surface area contributed by atoms with Gasteiger partial charge in [-0.3, -0.25) is 9.59 Å². The molecule has 0 bridgehead atoms. The zero-order chi connectivity index (χ0) is 14.6. The fraction of sp³-hybridized carbons (Fsp3) is 0.429. The number of aliphatic carboxylic acids is 1. The van der Waals surface area contributed by atoms with Gasteiger partial charge in [-0.15, -0.1) is 0 Å². The minimum absolute atomic E-state index is 0.119. The summed E-state index contributed by atoms with van der Waals surface area (Å²) in [6.07, 6.45) is -0.119. The van der Waals surface area contributed by atoms with E-state index in [-0.39, 0.29) is 12.3 Å². The molecule has 0 atom stereocenters. The van der Waals surface area contributed by atoms with E-state index in [1.54, 1.807) is 32.0 Å². The molecule has 19 heavy (non-hydrogen) atoms. The highest BCUT2D eigenvalue weighted by Crippen LogP contribution is 2.15. The first-order valence-electron chi connectivity index (χ1n) is 6.03. The van der Waals surface area contributed by atoms with Crippen molar-refractivity contribution in [2.24, 2.45) is 0 Å². The van der Waals surface area contributed by atoms with Crippen LogP contribution in [0.2, 0.25) is 0 Å². The summed E-state index contributed by atoms with van der Waals surface area (Å²) in [5.74, 6) is -1.21. The number of carbonyl (C=O) groups is 2. The Balaban J connectivity index is 2.83. The van der Waals surface area contributed by atoms with Gasteiger partial charge in [-0.1, -0.05) is 6.07 Å². The SMILES string of the molecule is CN(C)c1cccc(C(=O)NC(C)(C)CC(=O)O)c1. The molecule has 0 spiro atoms. The van der Waals surface area contributed by atoms with Crippen molar-refractivity contribution in [2.45, 2.75) is 25.8 Å². The molecule has 0 saturated heterocycles. The molecule has 0 aliphatic heterocycles. The van der Waals surface area contributed by atoms with Crippen molar-refractivity contribution in [1.29, 1.82) is 0 Å². The molecule has 0 aromatic heterocycles. The van der Waals surface area contributed by atoms with E-state index in [1.165, 1.54) is 0 Å². The average molecular weight is 264 g/mol.